The van der Waals surface area contributed by atoms with E-state index in [9.17, 15) is 9.59 Å². The fraction of sp³-hybridized carbons (Fsp3) is 0.357. The maximum Gasteiger partial charge on any atom is 0.241 e. The molecule has 1 fully saturated rings. The number of benzene rings is 1. The van der Waals surface area contributed by atoms with Crippen LogP contribution in [0.4, 0.5) is 0 Å². The summed E-state index contributed by atoms with van der Waals surface area (Å²) in [5, 5.41) is 14.4. The van der Waals surface area contributed by atoms with E-state index in [4.69, 9.17) is 5.26 Å². The molecule has 6 heteroatoms. The van der Waals surface area contributed by atoms with Crippen LogP contribution in [0.15, 0.2) is 24.3 Å². The normalized spacial score (nSPS) is 18.0. The second kappa shape index (κ2) is 6.17. The molecule has 20 heavy (non-hydrogen) atoms. The number of carbonyl (C=O) groups excluding carboxylic acids is 2. The zero-order valence-electron chi connectivity index (χ0n) is 11.2. The van der Waals surface area contributed by atoms with Crippen molar-refractivity contribution in [3.8, 4) is 6.07 Å². The lowest BCUT2D eigenvalue weighted by Gasteiger charge is -2.27. The molecule has 0 aliphatic carbocycles. The predicted molar refractivity (Wildman–Crippen MR) is 72.4 cm³/mol. The second-order valence-corrected chi connectivity index (χ2v) is 4.74. The average Bonchev–Trinajstić information content (AvgIpc) is 2.47. The number of amides is 2. The van der Waals surface area contributed by atoms with Crippen LogP contribution in [0.25, 0.3) is 0 Å². The molecular weight excluding hydrogens is 256 g/mol. The number of hydrogen-bond donors (Lipinski definition) is 2. The minimum absolute atomic E-state index is 0.0765. The fourth-order valence-electron chi connectivity index (χ4n) is 2.10. The standard InChI is InChI=1S/C14H16N4O2/c1-18(9-11-4-2-3-10(5-11)6-15)14(20)12-7-17-13(19)8-16-12/h2-5,12,16H,7-9H2,1H3,(H,17,19). The van der Waals surface area contributed by atoms with Gasteiger partial charge in [-0.3, -0.25) is 14.9 Å². The first-order valence-electron chi connectivity index (χ1n) is 6.34. The lowest BCUT2D eigenvalue weighted by Crippen LogP contribution is -2.58. The summed E-state index contributed by atoms with van der Waals surface area (Å²) in [6.45, 7) is 0.898. The number of nitriles is 1. The Morgan fingerprint density at radius 1 is 1.55 bits per heavy atom. The molecule has 1 saturated heterocycles. The highest BCUT2D eigenvalue weighted by atomic mass is 16.2. The van der Waals surface area contributed by atoms with Crippen molar-refractivity contribution in [1.82, 2.24) is 15.5 Å². The van der Waals surface area contributed by atoms with E-state index in [0.29, 0.717) is 18.7 Å². The number of carbonyl (C=O) groups is 2. The number of rotatable bonds is 3. The summed E-state index contributed by atoms with van der Waals surface area (Å²) in [4.78, 5) is 24.8. The van der Waals surface area contributed by atoms with E-state index in [-0.39, 0.29) is 18.4 Å². The van der Waals surface area contributed by atoms with E-state index in [2.05, 4.69) is 16.7 Å². The van der Waals surface area contributed by atoms with Crippen molar-refractivity contribution in [3.63, 3.8) is 0 Å². The van der Waals surface area contributed by atoms with E-state index in [1.165, 1.54) is 0 Å². The van der Waals surface area contributed by atoms with Crippen molar-refractivity contribution < 1.29 is 9.59 Å². The van der Waals surface area contributed by atoms with Crippen LogP contribution < -0.4 is 10.6 Å². The zero-order valence-corrected chi connectivity index (χ0v) is 11.2. The summed E-state index contributed by atoms with van der Waals surface area (Å²) in [5.74, 6) is -0.175. The zero-order chi connectivity index (χ0) is 14.5. The largest absolute Gasteiger partial charge is 0.353 e. The minimum Gasteiger partial charge on any atom is -0.353 e. The van der Waals surface area contributed by atoms with Gasteiger partial charge in [0.2, 0.25) is 11.8 Å². The van der Waals surface area contributed by atoms with Gasteiger partial charge in [0.1, 0.15) is 6.04 Å². The highest BCUT2D eigenvalue weighted by molar-refractivity contribution is 5.86. The molecule has 1 heterocycles. The predicted octanol–water partition coefficient (Wildman–Crippen LogP) is -0.395. The van der Waals surface area contributed by atoms with Crippen molar-refractivity contribution in [2.24, 2.45) is 0 Å². The molecule has 2 rings (SSSR count). The van der Waals surface area contributed by atoms with Gasteiger partial charge in [-0.15, -0.1) is 0 Å². The van der Waals surface area contributed by atoms with Crippen molar-refractivity contribution >= 4 is 11.8 Å². The Hall–Kier alpha value is -2.39. The van der Waals surface area contributed by atoms with Gasteiger partial charge in [0, 0.05) is 20.1 Å². The molecule has 2 amide bonds. The second-order valence-electron chi connectivity index (χ2n) is 4.74. The van der Waals surface area contributed by atoms with Crippen LogP contribution >= 0.6 is 0 Å². The maximum absolute atomic E-state index is 12.2. The minimum atomic E-state index is -0.392. The summed E-state index contributed by atoms with van der Waals surface area (Å²) in [5.41, 5.74) is 1.48. The van der Waals surface area contributed by atoms with Crippen molar-refractivity contribution in [1.29, 1.82) is 5.26 Å². The highest BCUT2D eigenvalue weighted by Gasteiger charge is 2.26. The van der Waals surface area contributed by atoms with Gasteiger partial charge in [-0.2, -0.15) is 5.26 Å². The fourth-order valence-corrected chi connectivity index (χ4v) is 2.10. The molecule has 0 spiro atoms. The summed E-state index contributed by atoms with van der Waals surface area (Å²) in [7, 11) is 1.71. The monoisotopic (exact) mass is 272 g/mol. The molecule has 1 unspecified atom stereocenters. The smallest absolute Gasteiger partial charge is 0.241 e. The third-order valence-electron chi connectivity index (χ3n) is 3.16. The van der Waals surface area contributed by atoms with Crippen molar-refractivity contribution in [3.05, 3.63) is 35.4 Å². The van der Waals surface area contributed by atoms with Gasteiger partial charge in [-0.25, -0.2) is 0 Å². The summed E-state index contributed by atoms with van der Waals surface area (Å²) >= 11 is 0. The number of nitrogens with zero attached hydrogens (tertiary/aromatic N) is 2. The van der Waals surface area contributed by atoms with Crippen LogP contribution in [0.3, 0.4) is 0 Å². The van der Waals surface area contributed by atoms with Crippen LogP contribution in [-0.4, -0.2) is 42.9 Å². The van der Waals surface area contributed by atoms with E-state index in [0.717, 1.165) is 5.56 Å². The molecule has 2 N–H and O–H groups in total. The first-order chi connectivity index (χ1) is 9.60. The van der Waals surface area contributed by atoms with E-state index < -0.39 is 6.04 Å². The Labute approximate surface area is 117 Å². The Kier molecular flexibility index (Phi) is 4.33. The SMILES string of the molecule is CN(Cc1cccc(C#N)c1)C(=O)C1CNC(=O)CN1. The first kappa shape index (κ1) is 14.0. The van der Waals surface area contributed by atoms with Gasteiger partial charge in [0.25, 0.3) is 0 Å². The summed E-state index contributed by atoms with van der Waals surface area (Å²) < 4.78 is 0. The van der Waals surface area contributed by atoms with Gasteiger partial charge in [0.15, 0.2) is 0 Å². The molecule has 0 radical (unpaired) electrons. The topological polar surface area (TPSA) is 85.2 Å². The first-order valence-corrected chi connectivity index (χ1v) is 6.34. The van der Waals surface area contributed by atoms with Gasteiger partial charge < -0.3 is 10.2 Å². The van der Waals surface area contributed by atoms with Crippen molar-refractivity contribution in [2.45, 2.75) is 12.6 Å². The Morgan fingerprint density at radius 2 is 2.35 bits per heavy atom. The lowest BCUT2D eigenvalue weighted by molar-refractivity contribution is -0.134. The Bertz CT molecular complexity index is 555. The molecule has 1 aliphatic rings. The Balaban J connectivity index is 1.97. The van der Waals surface area contributed by atoms with Crippen LogP contribution in [0.2, 0.25) is 0 Å². The molecular formula is C14H16N4O2. The summed E-state index contributed by atoms with van der Waals surface area (Å²) in [6.07, 6.45) is 0. The number of hydrogen-bond acceptors (Lipinski definition) is 4. The molecule has 0 saturated carbocycles. The molecule has 1 aromatic rings. The Morgan fingerprint density at radius 3 is 3.00 bits per heavy atom. The van der Waals surface area contributed by atoms with Gasteiger partial charge in [0.05, 0.1) is 18.2 Å². The van der Waals surface area contributed by atoms with Gasteiger partial charge in [-0.05, 0) is 17.7 Å². The van der Waals surface area contributed by atoms with E-state index in [1.807, 2.05) is 6.07 Å². The van der Waals surface area contributed by atoms with E-state index >= 15 is 0 Å². The van der Waals surface area contributed by atoms with Crippen LogP contribution in [0.1, 0.15) is 11.1 Å². The van der Waals surface area contributed by atoms with Gasteiger partial charge in [-0.1, -0.05) is 12.1 Å². The van der Waals surface area contributed by atoms with Gasteiger partial charge >= 0.3 is 0 Å². The van der Waals surface area contributed by atoms with Crippen LogP contribution in [-0.2, 0) is 16.1 Å². The molecule has 1 aliphatic heterocycles. The molecule has 1 atom stereocenters. The number of likely N-dealkylation sites (N-methyl/N-ethyl adjacent to an activating group) is 1. The maximum atomic E-state index is 12.2. The highest BCUT2D eigenvalue weighted by Crippen LogP contribution is 2.08. The molecule has 1 aromatic carbocycles. The number of piperazine rings is 1. The third kappa shape index (κ3) is 3.33. The third-order valence-corrected chi connectivity index (χ3v) is 3.16. The van der Waals surface area contributed by atoms with Crippen LogP contribution in [0, 0.1) is 11.3 Å². The number of nitrogens with one attached hydrogen (secondary N) is 2. The van der Waals surface area contributed by atoms with Crippen LogP contribution in [0.5, 0.6) is 0 Å². The molecule has 6 nitrogen and oxygen atoms in total. The van der Waals surface area contributed by atoms with E-state index in [1.54, 1.807) is 30.1 Å². The average molecular weight is 272 g/mol. The molecule has 0 bridgehead atoms. The summed E-state index contributed by atoms with van der Waals surface area (Å²) in [6, 6.07) is 8.85. The quantitative estimate of drug-likeness (QED) is 0.784. The lowest BCUT2D eigenvalue weighted by atomic mass is 10.1. The molecule has 0 aromatic heterocycles. The van der Waals surface area contributed by atoms with Crippen molar-refractivity contribution in [2.75, 3.05) is 20.1 Å². The molecule has 104 valence electrons.